The van der Waals surface area contributed by atoms with Crippen molar-refractivity contribution in [3.8, 4) is 0 Å². The zero-order chi connectivity index (χ0) is 14.1. The molecule has 3 heterocycles. The van der Waals surface area contributed by atoms with E-state index in [2.05, 4.69) is 26.8 Å². The highest BCUT2D eigenvalue weighted by Crippen LogP contribution is 2.30. The third kappa shape index (κ3) is 2.58. The van der Waals surface area contributed by atoms with Gasteiger partial charge in [0.25, 0.3) is 0 Å². The van der Waals surface area contributed by atoms with Crippen molar-refractivity contribution in [1.82, 2.24) is 14.9 Å². The van der Waals surface area contributed by atoms with E-state index in [1.54, 1.807) is 7.11 Å². The van der Waals surface area contributed by atoms with Crippen molar-refractivity contribution in [2.24, 2.45) is 0 Å². The SMILES string of the molecule is COCc1nc(N)cc(N2CCC3CCC(C2)N3C)n1. The summed E-state index contributed by atoms with van der Waals surface area (Å²) >= 11 is 0. The quantitative estimate of drug-likeness (QED) is 0.884. The number of nitrogens with two attached hydrogens (primary N) is 1. The lowest BCUT2D eigenvalue weighted by Crippen LogP contribution is -2.37. The zero-order valence-corrected chi connectivity index (χ0v) is 12.2. The minimum absolute atomic E-state index is 0.401. The second-order valence-corrected chi connectivity index (χ2v) is 5.79. The van der Waals surface area contributed by atoms with Gasteiger partial charge in [0.15, 0.2) is 5.82 Å². The lowest BCUT2D eigenvalue weighted by atomic mass is 10.1. The predicted octanol–water partition coefficient (Wildman–Crippen LogP) is 0.878. The fourth-order valence-corrected chi connectivity index (χ4v) is 3.38. The van der Waals surface area contributed by atoms with Crippen molar-refractivity contribution in [1.29, 1.82) is 0 Å². The molecule has 0 aliphatic carbocycles. The maximum atomic E-state index is 5.89. The molecule has 2 fully saturated rings. The highest BCUT2D eigenvalue weighted by atomic mass is 16.5. The van der Waals surface area contributed by atoms with E-state index in [0.29, 0.717) is 24.3 Å². The van der Waals surface area contributed by atoms with Crippen LogP contribution in [0.5, 0.6) is 0 Å². The normalized spacial score (nSPS) is 26.8. The number of ether oxygens (including phenoxy) is 1. The summed E-state index contributed by atoms with van der Waals surface area (Å²) in [5.41, 5.74) is 5.89. The van der Waals surface area contributed by atoms with E-state index in [1.165, 1.54) is 19.3 Å². The van der Waals surface area contributed by atoms with Gasteiger partial charge in [-0.1, -0.05) is 0 Å². The average molecular weight is 277 g/mol. The Kier molecular flexibility index (Phi) is 3.76. The first-order valence-corrected chi connectivity index (χ1v) is 7.26. The summed E-state index contributed by atoms with van der Waals surface area (Å²) in [6, 6.07) is 3.23. The fourth-order valence-electron chi connectivity index (χ4n) is 3.38. The fraction of sp³-hybridized carbons (Fsp3) is 0.714. The van der Waals surface area contributed by atoms with Gasteiger partial charge in [-0.25, -0.2) is 9.97 Å². The maximum absolute atomic E-state index is 5.89. The molecule has 2 bridgehead atoms. The van der Waals surface area contributed by atoms with Gasteiger partial charge in [-0.05, 0) is 26.3 Å². The molecule has 1 aromatic rings. The monoisotopic (exact) mass is 277 g/mol. The Morgan fingerprint density at radius 3 is 2.90 bits per heavy atom. The summed E-state index contributed by atoms with van der Waals surface area (Å²) in [5.74, 6) is 2.11. The third-order valence-electron chi connectivity index (χ3n) is 4.52. The smallest absolute Gasteiger partial charge is 0.158 e. The van der Waals surface area contributed by atoms with Gasteiger partial charge in [-0.3, -0.25) is 4.90 Å². The molecule has 1 aromatic heterocycles. The van der Waals surface area contributed by atoms with Crippen molar-refractivity contribution >= 4 is 11.6 Å². The molecule has 2 aliphatic heterocycles. The highest BCUT2D eigenvalue weighted by molar-refractivity contribution is 5.47. The van der Waals surface area contributed by atoms with Gasteiger partial charge < -0.3 is 15.4 Å². The predicted molar refractivity (Wildman–Crippen MR) is 78.6 cm³/mol. The van der Waals surface area contributed by atoms with Crippen LogP contribution in [0, 0.1) is 0 Å². The summed E-state index contributed by atoms with van der Waals surface area (Å²) in [5, 5.41) is 0. The molecule has 20 heavy (non-hydrogen) atoms. The lowest BCUT2D eigenvalue weighted by Gasteiger charge is -2.27. The second kappa shape index (κ2) is 5.54. The van der Waals surface area contributed by atoms with Crippen LogP contribution in [-0.4, -0.2) is 54.2 Å². The van der Waals surface area contributed by atoms with Crippen molar-refractivity contribution in [3.63, 3.8) is 0 Å². The molecule has 0 radical (unpaired) electrons. The van der Waals surface area contributed by atoms with Crippen molar-refractivity contribution in [2.75, 3.05) is 37.9 Å². The molecule has 2 saturated heterocycles. The molecule has 110 valence electrons. The molecule has 6 nitrogen and oxygen atoms in total. The summed E-state index contributed by atoms with van der Waals surface area (Å²) in [6.45, 7) is 2.46. The molecule has 2 unspecified atom stereocenters. The Bertz CT molecular complexity index is 481. The number of rotatable bonds is 3. The van der Waals surface area contributed by atoms with E-state index in [-0.39, 0.29) is 0 Å². The molecular formula is C14H23N5O. The van der Waals surface area contributed by atoms with E-state index in [1.807, 2.05) is 6.07 Å². The van der Waals surface area contributed by atoms with Crippen LogP contribution in [0.15, 0.2) is 6.07 Å². The molecule has 2 N–H and O–H groups in total. The highest BCUT2D eigenvalue weighted by Gasteiger charge is 2.35. The summed E-state index contributed by atoms with van der Waals surface area (Å²) in [6.07, 6.45) is 3.80. The summed E-state index contributed by atoms with van der Waals surface area (Å²) < 4.78 is 5.11. The van der Waals surface area contributed by atoms with Crippen molar-refractivity contribution in [2.45, 2.75) is 38.0 Å². The topological polar surface area (TPSA) is 67.5 Å². The number of likely N-dealkylation sites (N-methyl/N-ethyl adjacent to an activating group) is 1. The minimum Gasteiger partial charge on any atom is -0.384 e. The van der Waals surface area contributed by atoms with Crippen LogP contribution < -0.4 is 10.6 Å². The first-order valence-electron chi connectivity index (χ1n) is 7.26. The first-order chi connectivity index (χ1) is 9.67. The molecule has 0 amide bonds. The van der Waals surface area contributed by atoms with Gasteiger partial charge in [0.1, 0.15) is 18.2 Å². The molecular weight excluding hydrogens is 254 g/mol. The number of methoxy groups -OCH3 is 1. The Morgan fingerprint density at radius 2 is 2.10 bits per heavy atom. The number of hydrogen-bond donors (Lipinski definition) is 1. The first kappa shape index (κ1) is 13.6. The Labute approximate surface area is 119 Å². The number of anilines is 2. The largest absolute Gasteiger partial charge is 0.384 e. The molecule has 0 aromatic carbocycles. The Hall–Kier alpha value is -1.40. The molecule has 2 atom stereocenters. The Balaban J connectivity index is 1.82. The van der Waals surface area contributed by atoms with E-state index < -0.39 is 0 Å². The van der Waals surface area contributed by atoms with Crippen LogP contribution in [-0.2, 0) is 11.3 Å². The van der Waals surface area contributed by atoms with Crippen molar-refractivity contribution in [3.05, 3.63) is 11.9 Å². The minimum atomic E-state index is 0.401. The molecule has 6 heteroatoms. The third-order valence-corrected chi connectivity index (χ3v) is 4.52. The number of fused-ring (bicyclic) bond motifs is 2. The van der Waals surface area contributed by atoms with Crippen LogP contribution in [0.4, 0.5) is 11.6 Å². The van der Waals surface area contributed by atoms with Crippen LogP contribution in [0.25, 0.3) is 0 Å². The van der Waals surface area contributed by atoms with Gasteiger partial charge >= 0.3 is 0 Å². The van der Waals surface area contributed by atoms with E-state index in [9.17, 15) is 0 Å². The summed E-state index contributed by atoms with van der Waals surface area (Å²) in [4.78, 5) is 13.7. The molecule has 0 spiro atoms. The maximum Gasteiger partial charge on any atom is 0.158 e. The van der Waals surface area contributed by atoms with Gasteiger partial charge in [0, 0.05) is 38.3 Å². The van der Waals surface area contributed by atoms with E-state index in [4.69, 9.17) is 10.5 Å². The lowest BCUT2D eigenvalue weighted by molar-refractivity contribution is 0.178. The van der Waals surface area contributed by atoms with Gasteiger partial charge in [0.2, 0.25) is 0 Å². The van der Waals surface area contributed by atoms with Crippen LogP contribution in [0.3, 0.4) is 0 Å². The van der Waals surface area contributed by atoms with Gasteiger partial charge in [0.05, 0.1) is 0 Å². The van der Waals surface area contributed by atoms with Gasteiger partial charge in [-0.2, -0.15) is 0 Å². The van der Waals surface area contributed by atoms with E-state index >= 15 is 0 Å². The van der Waals surface area contributed by atoms with Crippen LogP contribution in [0.2, 0.25) is 0 Å². The molecule has 2 aliphatic rings. The molecule has 0 saturated carbocycles. The summed E-state index contributed by atoms with van der Waals surface area (Å²) in [7, 11) is 3.89. The zero-order valence-electron chi connectivity index (χ0n) is 12.2. The van der Waals surface area contributed by atoms with Crippen LogP contribution >= 0.6 is 0 Å². The number of nitrogen functional groups attached to an aromatic ring is 1. The number of hydrogen-bond acceptors (Lipinski definition) is 6. The standard InChI is InChI=1S/C14H23N5O/c1-18-10-3-4-11(18)8-19(6-5-10)14-7-12(15)16-13(17-14)9-20-2/h7,10-11H,3-6,8-9H2,1-2H3,(H2,15,16,17). The average Bonchev–Trinajstić information content (AvgIpc) is 2.62. The number of nitrogens with zero attached hydrogens (tertiary/aromatic N) is 4. The number of aromatic nitrogens is 2. The Morgan fingerprint density at radius 1 is 1.30 bits per heavy atom. The second-order valence-electron chi connectivity index (χ2n) is 5.79. The van der Waals surface area contributed by atoms with Crippen molar-refractivity contribution < 1.29 is 4.74 Å². The molecule has 3 rings (SSSR count). The van der Waals surface area contributed by atoms with Gasteiger partial charge in [-0.15, -0.1) is 0 Å². The van der Waals surface area contributed by atoms with E-state index in [0.717, 1.165) is 24.9 Å². The van der Waals surface area contributed by atoms with Crippen LogP contribution in [0.1, 0.15) is 25.1 Å².